The van der Waals surface area contributed by atoms with E-state index in [0.717, 1.165) is 25.7 Å². The Labute approximate surface area is 120 Å². The van der Waals surface area contributed by atoms with Crippen LogP contribution in [0.15, 0.2) is 18.2 Å². The Morgan fingerprint density at radius 1 is 1.26 bits per heavy atom. The summed E-state index contributed by atoms with van der Waals surface area (Å²) < 4.78 is 13.8. The molecule has 0 heterocycles. The van der Waals surface area contributed by atoms with Gasteiger partial charge >= 0.3 is 0 Å². The third-order valence-corrected chi connectivity index (χ3v) is 3.94. The minimum absolute atomic E-state index is 0.0642. The summed E-state index contributed by atoms with van der Waals surface area (Å²) in [6, 6.07) is 4.86. The summed E-state index contributed by atoms with van der Waals surface area (Å²) in [7, 11) is 0. The molecule has 0 fully saturated rings. The van der Waals surface area contributed by atoms with Crippen molar-refractivity contribution in [3.63, 3.8) is 0 Å². The maximum absolute atomic E-state index is 13.8. The first-order chi connectivity index (χ1) is 9.13. The molecule has 0 saturated carbocycles. The zero-order valence-corrected chi connectivity index (χ0v) is 12.5. The summed E-state index contributed by atoms with van der Waals surface area (Å²) in [5.74, 6) is 5.87. The van der Waals surface area contributed by atoms with Crippen molar-refractivity contribution in [3.05, 3.63) is 34.6 Å². The summed E-state index contributed by atoms with van der Waals surface area (Å²) in [5, 5.41) is 0.479. The minimum atomic E-state index is -0.250. The molecule has 0 aliphatic carbocycles. The maximum Gasteiger partial charge on any atom is 0.127 e. The van der Waals surface area contributed by atoms with Crippen LogP contribution in [0, 0.1) is 11.7 Å². The number of hydrazine groups is 1. The molecule has 1 aromatic rings. The second-order valence-corrected chi connectivity index (χ2v) is 5.42. The van der Waals surface area contributed by atoms with Crippen molar-refractivity contribution < 1.29 is 4.39 Å². The molecule has 0 radical (unpaired) electrons. The van der Waals surface area contributed by atoms with Crippen molar-refractivity contribution in [1.29, 1.82) is 0 Å². The minimum Gasteiger partial charge on any atom is -0.271 e. The lowest BCUT2D eigenvalue weighted by Gasteiger charge is -2.26. The number of benzene rings is 1. The van der Waals surface area contributed by atoms with Gasteiger partial charge in [-0.2, -0.15) is 0 Å². The molecule has 0 saturated heterocycles. The molecule has 0 aliphatic heterocycles. The van der Waals surface area contributed by atoms with E-state index in [-0.39, 0.29) is 11.9 Å². The van der Waals surface area contributed by atoms with Crippen LogP contribution in [0.1, 0.15) is 45.1 Å². The zero-order chi connectivity index (χ0) is 14.3. The monoisotopic (exact) mass is 286 g/mol. The lowest BCUT2D eigenvalue weighted by molar-refractivity contribution is 0.309. The molecule has 0 bridgehead atoms. The van der Waals surface area contributed by atoms with Crippen LogP contribution in [-0.2, 0) is 6.42 Å². The summed E-state index contributed by atoms with van der Waals surface area (Å²) in [5.41, 5.74) is 3.41. The van der Waals surface area contributed by atoms with E-state index < -0.39 is 0 Å². The molecule has 0 spiro atoms. The molecule has 1 rings (SSSR count). The Morgan fingerprint density at radius 3 is 2.37 bits per heavy atom. The van der Waals surface area contributed by atoms with E-state index in [4.69, 9.17) is 17.4 Å². The first kappa shape index (κ1) is 16.4. The van der Waals surface area contributed by atoms with E-state index in [9.17, 15) is 4.39 Å². The number of nitrogens with two attached hydrogens (primary N) is 1. The van der Waals surface area contributed by atoms with Crippen molar-refractivity contribution >= 4 is 11.6 Å². The zero-order valence-electron chi connectivity index (χ0n) is 11.8. The van der Waals surface area contributed by atoms with Gasteiger partial charge in [0.15, 0.2) is 0 Å². The molecule has 0 aliphatic rings. The average Bonchev–Trinajstić information content (AvgIpc) is 2.38. The van der Waals surface area contributed by atoms with E-state index in [0.29, 0.717) is 22.9 Å². The van der Waals surface area contributed by atoms with E-state index in [1.54, 1.807) is 12.1 Å². The van der Waals surface area contributed by atoms with Crippen LogP contribution < -0.4 is 11.3 Å². The second kappa shape index (κ2) is 8.51. The highest BCUT2D eigenvalue weighted by Gasteiger charge is 2.21. The third kappa shape index (κ3) is 4.75. The molecule has 1 unspecified atom stereocenters. The lowest BCUT2D eigenvalue weighted by Crippen LogP contribution is -2.42. The summed E-state index contributed by atoms with van der Waals surface area (Å²) >= 11 is 6.08. The fraction of sp³-hybridized carbons (Fsp3) is 0.600. The molecular formula is C15H24ClFN2. The van der Waals surface area contributed by atoms with Crippen LogP contribution >= 0.6 is 11.6 Å². The first-order valence-electron chi connectivity index (χ1n) is 7.03. The van der Waals surface area contributed by atoms with Gasteiger partial charge in [-0.3, -0.25) is 11.3 Å². The average molecular weight is 287 g/mol. The van der Waals surface area contributed by atoms with Crippen molar-refractivity contribution in [1.82, 2.24) is 5.43 Å². The van der Waals surface area contributed by atoms with Gasteiger partial charge in [0.05, 0.1) is 0 Å². The molecule has 0 amide bonds. The van der Waals surface area contributed by atoms with Gasteiger partial charge < -0.3 is 0 Å². The molecule has 1 atom stereocenters. The van der Waals surface area contributed by atoms with E-state index in [1.165, 1.54) is 6.07 Å². The summed E-state index contributed by atoms with van der Waals surface area (Å²) in [6.45, 7) is 4.32. The van der Waals surface area contributed by atoms with Crippen LogP contribution in [0.2, 0.25) is 5.02 Å². The van der Waals surface area contributed by atoms with Gasteiger partial charge in [-0.25, -0.2) is 4.39 Å². The summed E-state index contributed by atoms with van der Waals surface area (Å²) in [6.07, 6.45) is 4.93. The fourth-order valence-electron chi connectivity index (χ4n) is 2.60. The number of nitrogens with one attached hydrogen (secondary N) is 1. The quantitative estimate of drug-likeness (QED) is 0.558. The van der Waals surface area contributed by atoms with Gasteiger partial charge in [-0.05, 0) is 37.3 Å². The van der Waals surface area contributed by atoms with Gasteiger partial charge in [-0.15, -0.1) is 0 Å². The Kier molecular flexibility index (Phi) is 7.36. The van der Waals surface area contributed by atoms with E-state index in [2.05, 4.69) is 19.3 Å². The highest BCUT2D eigenvalue weighted by molar-refractivity contribution is 6.31. The molecule has 1 aromatic carbocycles. The Hall–Kier alpha value is -0.640. The van der Waals surface area contributed by atoms with Crippen molar-refractivity contribution in [2.75, 3.05) is 0 Å². The number of halogens is 2. The van der Waals surface area contributed by atoms with E-state index >= 15 is 0 Å². The standard InChI is InChI=1S/C15H24ClFN2/c1-3-6-11(7-4-2)15(19-18)10-12-13(16)8-5-9-14(12)17/h5,8-9,11,15,19H,3-4,6-7,10,18H2,1-2H3. The molecule has 19 heavy (non-hydrogen) atoms. The van der Waals surface area contributed by atoms with Gasteiger partial charge in [-0.1, -0.05) is 44.4 Å². The maximum atomic E-state index is 13.8. The summed E-state index contributed by atoms with van der Waals surface area (Å²) in [4.78, 5) is 0. The van der Waals surface area contributed by atoms with Crippen molar-refractivity contribution in [2.45, 2.75) is 52.0 Å². The molecule has 2 nitrogen and oxygen atoms in total. The van der Waals surface area contributed by atoms with Crippen LogP contribution in [0.3, 0.4) is 0 Å². The van der Waals surface area contributed by atoms with Crippen LogP contribution in [0.25, 0.3) is 0 Å². The predicted molar refractivity (Wildman–Crippen MR) is 79.5 cm³/mol. The van der Waals surface area contributed by atoms with Crippen LogP contribution in [-0.4, -0.2) is 6.04 Å². The third-order valence-electron chi connectivity index (χ3n) is 3.59. The van der Waals surface area contributed by atoms with Gasteiger partial charge in [0.25, 0.3) is 0 Å². The predicted octanol–water partition coefficient (Wildman–Crippen LogP) is 4.07. The van der Waals surface area contributed by atoms with Gasteiger partial charge in [0.1, 0.15) is 5.82 Å². The smallest absolute Gasteiger partial charge is 0.127 e. The first-order valence-corrected chi connectivity index (χ1v) is 7.40. The number of rotatable bonds is 8. The molecule has 0 aromatic heterocycles. The van der Waals surface area contributed by atoms with E-state index in [1.807, 2.05) is 0 Å². The molecule has 4 heteroatoms. The molecular weight excluding hydrogens is 263 g/mol. The molecule has 3 N–H and O–H groups in total. The Bertz CT molecular complexity index is 358. The Morgan fingerprint density at radius 2 is 1.89 bits per heavy atom. The van der Waals surface area contributed by atoms with Crippen molar-refractivity contribution in [2.24, 2.45) is 11.8 Å². The Balaban J connectivity index is 2.85. The molecule has 108 valence electrons. The van der Waals surface area contributed by atoms with Gasteiger partial charge in [0, 0.05) is 16.6 Å². The fourth-order valence-corrected chi connectivity index (χ4v) is 2.84. The van der Waals surface area contributed by atoms with Crippen molar-refractivity contribution in [3.8, 4) is 0 Å². The second-order valence-electron chi connectivity index (χ2n) is 5.01. The number of hydrogen-bond acceptors (Lipinski definition) is 2. The van der Waals surface area contributed by atoms with Crippen LogP contribution in [0.5, 0.6) is 0 Å². The SMILES string of the molecule is CCCC(CCC)C(Cc1c(F)cccc1Cl)NN. The number of hydrogen-bond donors (Lipinski definition) is 2. The normalized spacial score (nSPS) is 12.9. The lowest BCUT2D eigenvalue weighted by atomic mass is 9.87. The highest BCUT2D eigenvalue weighted by Crippen LogP contribution is 2.25. The largest absolute Gasteiger partial charge is 0.271 e. The topological polar surface area (TPSA) is 38.0 Å². The van der Waals surface area contributed by atoms with Crippen LogP contribution in [0.4, 0.5) is 4.39 Å². The van der Waals surface area contributed by atoms with Gasteiger partial charge in [0.2, 0.25) is 0 Å². The highest BCUT2D eigenvalue weighted by atomic mass is 35.5.